The van der Waals surface area contributed by atoms with Gasteiger partial charge in [-0.2, -0.15) is 6.07 Å². The minimum atomic E-state index is -0.772. The molecule has 0 aliphatic carbocycles. The standard InChI is InChI=1S/C40H33O10.Y/c1-5-45-39(43)47-33-20-16-29(17-21-33)27-8-12-31(13-9-27)37(41)49-35-24-7-25(3)36(26(35)4)50-38(42)32-14-10-28(11-15-32)30-18-22-34(23-19-30)48-40(44)46-6-2;/h7-23H,5-6H2,1-4H3;/q-1;. The average Bonchev–Trinajstić information content (AvgIpc) is 3.12. The van der Waals surface area contributed by atoms with Gasteiger partial charge < -0.3 is 28.4 Å². The smallest absolute Gasteiger partial charge is 0.450 e. The summed E-state index contributed by atoms with van der Waals surface area (Å²) in [6.45, 7) is 7.28. The fraction of sp³-hybridized carbons (Fsp3) is 0.150. The minimum absolute atomic E-state index is 0. The van der Waals surface area contributed by atoms with E-state index in [-0.39, 0.29) is 57.4 Å². The number of carbonyl (C=O) groups is 4. The Kier molecular flexibility index (Phi) is 13.6. The predicted octanol–water partition coefficient (Wildman–Crippen LogP) is 8.94. The first-order valence-corrected chi connectivity index (χ1v) is 15.7. The van der Waals surface area contributed by atoms with E-state index in [1.54, 1.807) is 131 Å². The Morgan fingerprint density at radius 3 is 1.29 bits per heavy atom. The van der Waals surface area contributed by atoms with Crippen LogP contribution in [0.1, 0.15) is 45.7 Å². The minimum Gasteiger partial charge on any atom is -0.450 e. The van der Waals surface area contributed by atoms with Crippen LogP contribution in [-0.2, 0) is 42.2 Å². The molecule has 0 saturated heterocycles. The van der Waals surface area contributed by atoms with Crippen molar-refractivity contribution in [3.8, 4) is 45.3 Å². The molecule has 10 nitrogen and oxygen atoms in total. The van der Waals surface area contributed by atoms with Crippen LogP contribution in [-0.4, -0.2) is 37.5 Å². The van der Waals surface area contributed by atoms with Crippen LogP contribution >= 0.6 is 0 Å². The van der Waals surface area contributed by atoms with E-state index < -0.39 is 24.2 Å². The Morgan fingerprint density at radius 2 is 0.902 bits per heavy atom. The van der Waals surface area contributed by atoms with Crippen LogP contribution in [0.4, 0.5) is 9.59 Å². The zero-order valence-corrected chi connectivity index (χ0v) is 31.2. The summed E-state index contributed by atoms with van der Waals surface area (Å²) in [6, 6.07) is 32.0. The van der Waals surface area contributed by atoms with Crippen LogP contribution in [0.25, 0.3) is 22.3 Å². The van der Waals surface area contributed by atoms with Gasteiger partial charge in [0.15, 0.2) is 0 Å². The van der Waals surface area contributed by atoms with Crippen molar-refractivity contribution in [2.45, 2.75) is 27.7 Å². The summed E-state index contributed by atoms with van der Waals surface area (Å²) in [5.41, 5.74) is 5.09. The Labute approximate surface area is 320 Å². The molecule has 1 radical (unpaired) electrons. The fourth-order valence-corrected chi connectivity index (χ4v) is 4.83. The molecule has 0 saturated carbocycles. The number of ether oxygens (including phenoxy) is 6. The van der Waals surface area contributed by atoms with Gasteiger partial charge in [-0.3, -0.25) is 0 Å². The van der Waals surface area contributed by atoms with Crippen molar-refractivity contribution in [1.82, 2.24) is 0 Å². The van der Waals surface area contributed by atoms with E-state index in [9.17, 15) is 19.2 Å². The van der Waals surface area contributed by atoms with Crippen molar-refractivity contribution in [3.05, 3.63) is 131 Å². The summed E-state index contributed by atoms with van der Waals surface area (Å²) < 4.78 is 31.2. The van der Waals surface area contributed by atoms with Crippen LogP contribution in [0.15, 0.2) is 103 Å². The number of rotatable bonds is 10. The molecule has 0 fully saturated rings. The molecule has 0 aliphatic rings. The largest absolute Gasteiger partial charge is 0.513 e. The molecule has 0 bridgehead atoms. The van der Waals surface area contributed by atoms with Crippen molar-refractivity contribution >= 4 is 24.2 Å². The molecule has 0 heterocycles. The molecular formula is C40H33O10Y-. The topological polar surface area (TPSA) is 124 Å². The van der Waals surface area contributed by atoms with Gasteiger partial charge in [0.2, 0.25) is 0 Å². The number of hydrogen-bond donors (Lipinski definition) is 0. The molecule has 11 heteroatoms. The third-order valence-electron chi connectivity index (χ3n) is 7.39. The molecule has 0 unspecified atom stereocenters. The number of aryl methyl sites for hydroxylation is 1. The first-order chi connectivity index (χ1) is 24.1. The molecule has 5 rings (SSSR count). The van der Waals surface area contributed by atoms with Crippen molar-refractivity contribution in [1.29, 1.82) is 0 Å². The van der Waals surface area contributed by atoms with Gasteiger partial charge in [-0.05, 0) is 84.6 Å². The summed E-state index contributed by atoms with van der Waals surface area (Å²) in [7, 11) is 0. The van der Waals surface area contributed by atoms with E-state index in [0.717, 1.165) is 22.3 Å². The van der Waals surface area contributed by atoms with Crippen molar-refractivity contribution in [2.75, 3.05) is 13.2 Å². The van der Waals surface area contributed by atoms with E-state index in [1.807, 2.05) is 0 Å². The molecule has 5 aromatic carbocycles. The molecule has 0 amide bonds. The van der Waals surface area contributed by atoms with Gasteiger partial charge in [-0.15, -0.1) is 11.6 Å². The number of benzene rings is 5. The van der Waals surface area contributed by atoms with Crippen molar-refractivity contribution in [2.24, 2.45) is 0 Å². The second-order valence-electron chi connectivity index (χ2n) is 10.8. The van der Waals surface area contributed by atoms with Gasteiger partial charge >= 0.3 is 24.2 Å². The first kappa shape index (κ1) is 38.5. The van der Waals surface area contributed by atoms with Gasteiger partial charge in [0, 0.05) is 44.2 Å². The molecule has 0 spiro atoms. The quantitative estimate of drug-likeness (QED) is 0.0590. The monoisotopic (exact) mass is 762 g/mol. The SMILES string of the molecule is CCOC(=O)Oc1ccc(-c2ccc(C(=O)Oc3[c-]cc(C)c(OC(=O)c4ccc(-c5ccc(OC(=O)OCC)cc5)cc4)c3C)cc2)cc1.[Y]. The van der Waals surface area contributed by atoms with E-state index >= 15 is 0 Å². The molecule has 0 atom stereocenters. The van der Waals surface area contributed by atoms with Crippen molar-refractivity contribution in [3.63, 3.8) is 0 Å². The molecule has 5 aromatic rings. The third kappa shape index (κ3) is 10.1. The first-order valence-electron chi connectivity index (χ1n) is 15.7. The van der Waals surface area contributed by atoms with Gasteiger partial charge in [0.05, 0.1) is 24.3 Å². The Morgan fingerprint density at radius 1 is 0.529 bits per heavy atom. The van der Waals surface area contributed by atoms with Gasteiger partial charge in [0.1, 0.15) is 11.5 Å². The average molecular weight is 763 g/mol. The number of esters is 2. The summed E-state index contributed by atoms with van der Waals surface area (Å²) in [6.07, 6.45) is -1.54. The maximum Gasteiger partial charge on any atom is 0.513 e. The molecule has 257 valence electrons. The van der Waals surface area contributed by atoms with Gasteiger partial charge in [0.25, 0.3) is 0 Å². The summed E-state index contributed by atoms with van der Waals surface area (Å²) >= 11 is 0. The Hall–Kier alpha value is -5.32. The van der Waals surface area contributed by atoms with Crippen LogP contribution < -0.4 is 18.9 Å². The van der Waals surface area contributed by atoms with E-state index in [4.69, 9.17) is 28.4 Å². The van der Waals surface area contributed by atoms with E-state index in [2.05, 4.69) is 6.07 Å². The van der Waals surface area contributed by atoms with Crippen molar-refractivity contribution < 1.29 is 80.3 Å². The Bertz CT molecular complexity index is 1990. The maximum atomic E-state index is 13.1. The maximum absolute atomic E-state index is 13.1. The van der Waals surface area contributed by atoms with E-state index in [0.29, 0.717) is 33.8 Å². The van der Waals surface area contributed by atoms with Crippen LogP contribution in [0.2, 0.25) is 0 Å². The second kappa shape index (κ2) is 18.1. The predicted molar refractivity (Wildman–Crippen MR) is 184 cm³/mol. The summed E-state index contributed by atoms with van der Waals surface area (Å²) in [5, 5.41) is 0. The fourth-order valence-electron chi connectivity index (χ4n) is 4.83. The second-order valence-corrected chi connectivity index (χ2v) is 10.8. The summed E-state index contributed by atoms with van der Waals surface area (Å²) in [5.74, 6) is -0.0840. The van der Waals surface area contributed by atoms with Gasteiger partial charge in [-0.1, -0.05) is 67.9 Å². The normalized spacial score (nSPS) is 10.3. The molecule has 0 aromatic heterocycles. The van der Waals surface area contributed by atoms with E-state index in [1.165, 1.54) is 0 Å². The number of carbonyl (C=O) groups excluding carboxylic acids is 4. The zero-order valence-electron chi connectivity index (χ0n) is 28.4. The number of hydrogen-bond acceptors (Lipinski definition) is 10. The molecule has 0 N–H and O–H groups in total. The Balaban J connectivity index is 0.00000583. The molecule has 51 heavy (non-hydrogen) atoms. The summed E-state index contributed by atoms with van der Waals surface area (Å²) in [4.78, 5) is 49.3. The van der Waals surface area contributed by atoms with Crippen LogP contribution in [0.5, 0.6) is 23.0 Å². The molecular weight excluding hydrogens is 729 g/mol. The van der Waals surface area contributed by atoms with Gasteiger partial charge in [-0.25, -0.2) is 19.2 Å². The zero-order chi connectivity index (χ0) is 35.6. The molecule has 0 aliphatic heterocycles. The van der Waals surface area contributed by atoms with Crippen LogP contribution in [0, 0.1) is 19.9 Å². The van der Waals surface area contributed by atoms with Crippen LogP contribution in [0.3, 0.4) is 0 Å². The third-order valence-corrected chi connectivity index (χ3v) is 7.39.